The van der Waals surface area contributed by atoms with Crippen molar-refractivity contribution in [1.29, 1.82) is 0 Å². The van der Waals surface area contributed by atoms with Crippen molar-refractivity contribution in [3.05, 3.63) is 52.5 Å². The van der Waals surface area contributed by atoms with Gasteiger partial charge < -0.3 is 10.1 Å². The first kappa shape index (κ1) is 18.3. The number of nitrogens with one attached hydrogen (secondary N) is 1. The smallest absolute Gasteiger partial charge is 0.294 e. The average molecular weight is 386 g/mol. The fourth-order valence-corrected chi connectivity index (χ4v) is 3.48. The van der Waals surface area contributed by atoms with Gasteiger partial charge in [0.05, 0.1) is 0 Å². The number of aryl methyl sites for hydroxylation is 1. The topological polar surface area (TPSA) is 69.0 Å². The molecule has 2 aromatic heterocycles. The largest absolute Gasteiger partial charge is 0.445 e. The van der Waals surface area contributed by atoms with E-state index in [2.05, 4.69) is 15.3 Å². The Morgan fingerprint density at radius 2 is 1.89 bits per heavy atom. The van der Waals surface area contributed by atoms with Gasteiger partial charge in [-0.25, -0.2) is 13.8 Å². The van der Waals surface area contributed by atoms with Crippen LogP contribution in [0.5, 0.6) is 11.5 Å². The van der Waals surface area contributed by atoms with E-state index in [0.717, 1.165) is 25.0 Å². The summed E-state index contributed by atoms with van der Waals surface area (Å²) < 4.78 is 34.2. The van der Waals surface area contributed by atoms with Crippen LogP contribution in [0.3, 0.4) is 0 Å². The number of fused-ring (bicyclic) bond motifs is 1. The Labute approximate surface area is 160 Å². The van der Waals surface area contributed by atoms with Crippen LogP contribution >= 0.6 is 0 Å². The molecule has 2 heterocycles. The van der Waals surface area contributed by atoms with Crippen LogP contribution in [0.1, 0.15) is 32.1 Å². The summed E-state index contributed by atoms with van der Waals surface area (Å²) in [6, 6.07) is 5.08. The summed E-state index contributed by atoms with van der Waals surface area (Å²) in [6.07, 6.45) is 7.31. The number of aromatic nitrogens is 3. The zero-order chi connectivity index (χ0) is 19.7. The minimum Gasteiger partial charge on any atom is -0.445 e. The van der Waals surface area contributed by atoms with Crippen LogP contribution in [0.2, 0.25) is 0 Å². The predicted octanol–water partition coefficient (Wildman–Crippen LogP) is 4.14. The molecule has 4 rings (SSSR count). The van der Waals surface area contributed by atoms with Gasteiger partial charge in [-0.1, -0.05) is 25.3 Å². The van der Waals surface area contributed by atoms with Gasteiger partial charge in [-0.3, -0.25) is 9.36 Å². The Balaban J connectivity index is 1.68. The molecule has 1 N–H and O–H groups in total. The van der Waals surface area contributed by atoms with Crippen molar-refractivity contribution in [2.45, 2.75) is 38.1 Å². The molecule has 1 aliphatic carbocycles. The minimum atomic E-state index is -0.884. The van der Waals surface area contributed by atoms with Crippen LogP contribution in [0, 0.1) is 11.6 Å². The molecule has 0 bridgehead atoms. The van der Waals surface area contributed by atoms with Crippen LogP contribution in [-0.2, 0) is 7.05 Å². The van der Waals surface area contributed by atoms with E-state index in [4.69, 9.17) is 4.74 Å². The number of benzene rings is 1. The highest BCUT2D eigenvalue weighted by molar-refractivity contribution is 5.76. The number of anilines is 1. The van der Waals surface area contributed by atoms with Gasteiger partial charge in [-0.05, 0) is 31.0 Å². The lowest BCUT2D eigenvalue weighted by Crippen LogP contribution is -2.24. The summed E-state index contributed by atoms with van der Waals surface area (Å²) in [5, 5.41) is 3.85. The van der Waals surface area contributed by atoms with Crippen molar-refractivity contribution in [3.8, 4) is 11.5 Å². The lowest BCUT2D eigenvalue weighted by Gasteiger charge is -2.22. The van der Waals surface area contributed by atoms with Crippen molar-refractivity contribution < 1.29 is 13.5 Å². The molecule has 6 nitrogen and oxygen atoms in total. The minimum absolute atomic E-state index is 0.199. The Morgan fingerprint density at radius 3 is 2.61 bits per heavy atom. The zero-order valence-corrected chi connectivity index (χ0v) is 15.4. The molecule has 3 aromatic rings. The molecule has 0 spiro atoms. The second-order valence-electron chi connectivity index (χ2n) is 6.98. The van der Waals surface area contributed by atoms with Gasteiger partial charge in [-0.15, -0.1) is 0 Å². The highest BCUT2D eigenvalue weighted by Crippen LogP contribution is 2.27. The second-order valence-corrected chi connectivity index (χ2v) is 6.98. The SMILES string of the molecule is Cn1c(=O)c(Oc2c(F)cccc2F)cc2cnc(NC3CCCCC3)nc21. The third-order valence-corrected chi connectivity index (χ3v) is 4.98. The van der Waals surface area contributed by atoms with Crippen molar-refractivity contribution >= 4 is 17.0 Å². The number of halogens is 2. The first-order valence-electron chi connectivity index (χ1n) is 9.28. The third-order valence-electron chi connectivity index (χ3n) is 4.98. The van der Waals surface area contributed by atoms with E-state index in [1.807, 2.05) is 0 Å². The van der Waals surface area contributed by atoms with E-state index < -0.39 is 22.9 Å². The van der Waals surface area contributed by atoms with E-state index in [9.17, 15) is 13.6 Å². The molecule has 0 radical (unpaired) electrons. The van der Waals surface area contributed by atoms with Crippen molar-refractivity contribution in [2.75, 3.05) is 5.32 Å². The van der Waals surface area contributed by atoms with E-state index >= 15 is 0 Å². The molecular formula is C20H20F2N4O2. The molecule has 8 heteroatoms. The fraction of sp³-hybridized carbons (Fsp3) is 0.350. The third kappa shape index (κ3) is 3.54. The first-order valence-corrected chi connectivity index (χ1v) is 9.28. The molecule has 28 heavy (non-hydrogen) atoms. The quantitative estimate of drug-likeness (QED) is 0.730. The maximum Gasteiger partial charge on any atom is 0.294 e. The summed E-state index contributed by atoms with van der Waals surface area (Å²) >= 11 is 0. The molecule has 0 atom stereocenters. The average Bonchev–Trinajstić information content (AvgIpc) is 2.70. The van der Waals surface area contributed by atoms with Crippen LogP contribution < -0.4 is 15.6 Å². The molecule has 0 amide bonds. The van der Waals surface area contributed by atoms with E-state index in [-0.39, 0.29) is 5.75 Å². The standard InChI is InChI=1S/C20H20F2N4O2/c1-26-18-12(11-23-20(25-18)24-13-6-3-2-4-7-13)10-16(19(26)27)28-17-14(21)8-5-9-15(17)22/h5,8-11,13H,2-4,6-7H2,1H3,(H,23,24,25). The molecule has 0 saturated heterocycles. The van der Waals surface area contributed by atoms with E-state index in [1.54, 1.807) is 6.20 Å². The van der Waals surface area contributed by atoms with Gasteiger partial charge in [0.1, 0.15) is 5.65 Å². The summed E-state index contributed by atoms with van der Waals surface area (Å²) in [6.45, 7) is 0. The lowest BCUT2D eigenvalue weighted by atomic mass is 9.96. The van der Waals surface area contributed by atoms with Crippen LogP contribution in [0.4, 0.5) is 14.7 Å². The Bertz CT molecular complexity index is 1060. The molecular weight excluding hydrogens is 366 g/mol. The van der Waals surface area contributed by atoms with Gasteiger partial charge in [0.15, 0.2) is 23.1 Å². The number of rotatable bonds is 4. The number of nitrogens with zero attached hydrogens (tertiary/aromatic N) is 3. The van der Waals surface area contributed by atoms with Crippen molar-refractivity contribution in [3.63, 3.8) is 0 Å². The molecule has 0 unspecified atom stereocenters. The van der Waals surface area contributed by atoms with Crippen LogP contribution in [0.15, 0.2) is 35.3 Å². The van der Waals surface area contributed by atoms with Crippen molar-refractivity contribution in [2.24, 2.45) is 7.05 Å². The maximum atomic E-state index is 13.9. The number of pyridine rings is 1. The van der Waals surface area contributed by atoms with E-state index in [0.29, 0.717) is 23.0 Å². The monoisotopic (exact) mass is 386 g/mol. The van der Waals surface area contributed by atoms with Crippen LogP contribution in [-0.4, -0.2) is 20.6 Å². The van der Waals surface area contributed by atoms with E-state index in [1.165, 1.54) is 43.0 Å². The summed E-state index contributed by atoms with van der Waals surface area (Å²) in [4.78, 5) is 21.4. The Hall–Kier alpha value is -3.03. The lowest BCUT2D eigenvalue weighted by molar-refractivity contribution is 0.401. The normalized spacial score (nSPS) is 15.0. The maximum absolute atomic E-state index is 13.9. The molecule has 1 aromatic carbocycles. The summed E-state index contributed by atoms with van der Waals surface area (Å²) in [5.74, 6) is -2.12. The first-order chi connectivity index (χ1) is 13.5. The summed E-state index contributed by atoms with van der Waals surface area (Å²) in [5.41, 5.74) is -0.128. The number of ether oxygens (including phenoxy) is 1. The molecule has 1 saturated carbocycles. The van der Waals surface area contributed by atoms with Gasteiger partial charge >= 0.3 is 0 Å². The van der Waals surface area contributed by atoms with Crippen LogP contribution in [0.25, 0.3) is 11.0 Å². The number of hydrogen-bond donors (Lipinski definition) is 1. The molecule has 0 aliphatic heterocycles. The highest BCUT2D eigenvalue weighted by Gasteiger charge is 2.17. The Morgan fingerprint density at radius 1 is 1.18 bits per heavy atom. The predicted molar refractivity (Wildman–Crippen MR) is 102 cm³/mol. The number of para-hydroxylation sites is 1. The molecule has 1 fully saturated rings. The molecule has 146 valence electrons. The number of hydrogen-bond acceptors (Lipinski definition) is 5. The Kier molecular flexibility index (Phi) is 4.93. The van der Waals surface area contributed by atoms with Gasteiger partial charge in [0, 0.05) is 24.7 Å². The highest BCUT2D eigenvalue weighted by atomic mass is 19.1. The summed E-state index contributed by atoms with van der Waals surface area (Å²) in [7, 11) is 1.53. The zero-order valence-electron chi connectivity index (χ0n) is 15.4. The second kappa shape index (κ2) is 7.53. The van der Waals surface area contributed by atoms with Gasteiger partial charge in [0.2, 0.25) is 5.95 Å². The molecule has 1 aliphatic rings. The van der Waals surface area contributed by atoms with Gasteiger partial charge in [0.25, 0.3) is 5.56 Å². The van der Waals surface area contributed by atoms with Crippen molar-refractivity contribution in [1.82, 2.24) is 14.5 Å². The fourth-order valence-electron chi connectivity index (χ4n) is 3.48. The van der Waals surface area contributed by atoms with Gasteiger partial charge in [-0.2, -0.15) is 4.98 Å².